The molecule has 0 aliphatic carbocycles. The van der Waals surface area contributed by atoms with E-state index in [0.29, 0.717) is 19.4 Å². The van der Waals surface area contributed by atoms with Gasteiger partial charge in [-0.3, -0.25) is 9.59 Å². The Bertz CT molecular complexity index is 973. The molecular weight excluding hydrogens is 707 g/mol. The van der Waals surface area contributed by atoms with Gasteiger partial charge >= 0.3 is 5.97 Å². The molecule has 0 aromatic carbocycles. The molecule has 6 nitrogen and oxygen atoms in total. The maximum absolute atomic E-state index is 12.3. The van der Waals surface area contributed by atoms with Crippen molar-refractivity contribution in [3.05, 3.63) is 48.6 Å². The number of amides is 1. The van der Waals surface area contributed by atoms with E-state index in [1.54, 1.807) is 6.08 Å². The fraction of sp³-hybridized carbons (Fsp3) is 0.804. The minimum Gasteiger partial charge on any atom is -0.466 e. The van der Waals surface area contributed by atoms with E-state index in [2.05, 4.69) is 55.6 Å². The molecule has 0 rings (SSSR count). The predicted octanol–water partition coefficient (Wildman–Crippen LogP) is 14.3. The third kappa shape index (κ3) is 43.2. The maximum Gasteiger partial charge on any atom is 0.305 e. The van der Waals surface area contributed by atoms with Crippen molar-refractivity contribution >= 4 is 11.9 Å². The summed E-state index contributed by atoms with van der Waals surface area (Å²) in [7, 11) is 0. The number of hydrogen-bond donors (Lipinski definition) is 3. The lowest BCUT2D eigenvalue weighted by molar-refractivity contribution is -0.143. The van der Waals surface area contributed by atoms with E-state index in [0.717, 1.165) is 77.0 Å². The number of unbranched alkanes of at least 4 members (excludes halogenated alkanes) is 27. The highest BCUT2D eigenvalue weighted by Gasteiger charge is 2.18. The van der Waals surface area contributed by atoms with Crippen molar-refractivity contribution in [3.8, 4) is 0 Å². The van der Waals surface area contributed by atoms with Gasteiger partial charge in [-0.1, -0.05) is 184 Å². The molecule has 2 atom stereocenters. The highest BCUT2D eigenvalue weighted by Crippen LogP contribution is 2.13. The van der Waals surface area contributed by atoms with Crippen LogP contribution >= 0.6 is 0 Å². The largest absolute Gasteiger partial charge is 0.466 e. The van der Waals surface area contributed by atoms with Crippen LogP contribution in [0.4, 0.5) is 0 Å². The minimum absolute atomic E-state index is 0.0229. The lowest BCUT2D eigenvalue weighted by Crippen LogP contribution is -2.45. The first kappa shape index (κ1) is 54.8. The number of ether oxygens (including phenoxy) is 1. The van der Waals surface area contributed by atoms with Crippen molar-refractivity contribution in [1.82, 2.24) is 5.32 Å². The third-order valence-electron chi connectivity index (χ3n) is 10.8. The van der Waals surface area contributed by atoms with Gasteiger partial charge in [0.25, 0.3) is 0 Å². The van der Waals surface area contributed by atoms with Crippen molar-refractivity contribution in [2.24, 2.45) is 0 Å². The zero-order chi connectivity index (χ0) is 41.5. The van der Waals surface area contributed by atoms with Gasteiger partial charge in [-0.2, -0.15) is 0 Å². The summed E-state index contributed by atoms with van der Waals surface area (Å²) in [6.07, 6.45) is 56.8. The van der Waals surface area contributed by atoms with Crippen LogP contribution in [0.1, 0.15) is 239 Å². The standard InChI is InChI=1S/C51H93NO5/c1-3-5-7-9-11-13-14-15-16-17-18-19-22-25-29-33-37-41-45-51(56)57-46-42-38-34-30-26-23-20-21-24-28-32-36-40-44-50(55)52-48(47-53)49(54)43-39-35-31-27-12-10-8-6-4-2/h13-14,16-17,21,24,39,43,48-49,53-54H,3-12,15,18-20,22-23,25-38,40-42,44-47H2,1-2H3,(H,52,55)/b14-13-,17-16-,24-21-,43-39+. The monoisotopic (exact) mass is 800 g/mol. The van der Waals surface area contributed by atoms with E-state index in [9.17, 15) is 19.8 Å². The SMILES string of the molecule is CCCCCC/C=C\C/C=C\CCCCCCCCCC(=O)OCCCCCCCC/C=C\CCCCCC(=O)NC(CO)C(O)/C=C/CCCCCCCCC. The lowest BCUT2D eigenvalue weighted by Gasteiger charge is -2.19. The molecule has 2 unspecified atom stereocenters. The molecule has 0 bridgehead atoms. The second-order valence-corrected chi connectivity index (χ2v) is 16.4. The van der Waals surface area contributed by atoms with Crippen LogP contribution in [0.3, 0.4) is 0 Å². The van der Waals surface area contributed by atoms with E-state index >= 15 is 0 Å². The minimum atomic E-state index is -0.860. The van der Waals surface area contributed by atoms with Crippen LogP contribution in [0.25, 0.3) is 0 Å². The van der Waals surface area contributed by atoms with Crippen molar-refractivity contribution < 1.29 is 24.5 Å². The molecule has 57 heavy (non-hydrogen) atoms. The second kappa shape index (κ2) is 46.5. The van der Waals surface area contributed by atoms with Gasteiger partial charge in [-0.25, -0.2) is 0 Å². The molecule has 0 spiro atoms. The summed E-state index contributed by atoms with van der Waals surface area (Å²) in [5.41, 5.74) is 0. The van der Waals surface area contributed by atoms with Crippen LogP contribution in [0.15, 0.2) is 48.6 Å². The Morgan fingerprint density at radius 1 is 0.491 bits per heavy atom. The number of carbonyl (C=O) groups excluding carboxylic acids is 2. The van der Waals surface area contributed by atoms with Gasteiger partial charge in [0.2, 0.25) is 5.91 Å². The van der Waals surface area contributed by atoms with E-state index < -0.39 is 12.1 Å². The molecule has 0 saturated heterocycles. The Hall–Kier alpha value is -2.18. The first-order valence-corrected chi connectivity index (χ1v) is 24.4. The van der Waals surface area contributed by atoms with Crippen LogP contribution in [-0.4, -0.2) is 47.4 Å². The fourth-order valence-corrected chi connectivity index (χ4v) is 7.01. The summed E-state index contributed by atoms with van der Waals surface area (Å²) < 4.78 is 5.45. The van der Waals surface area contributed by atoms with E-state index in [1.807, 2.05) is 6.08 Å². The number of aliphatic hydroxyl groups excluding tert-OH is 2. The number of nitrogens with one attached hydrogen (secondary N) is 1. The van der Waals surface area contributed by atoms with Gasteiger partial charge in [0.05, 0.1) is 25.4 Å². The van der Waals surface area contributed by atoms with Gasteiger partial charge in [0.15, 0.2) is 0 Å². The number of aliphatic hydroxyl groups is 2. The van der Waals surface area contributed by atoms with Crippen LogP contribution in [0.5, 0.6) is 0 Å². The van der Waals surface area contributed by atoms with Crippen molar-refractivity contribution in [2.75, 3.05) is 13.2 Å². The lowest BCUT2D eigenvalue weighted by atomic mass is 10.1. The molecule has 0 aliphatic rings. The van der Waals surface area contributed by atoms with Gasteiger partial charge in [0.1, 0.15) is 0 Å². The highest BCUT2D eigenvalue weighted by atomic mass is 16.5. The summed E-state index contributed by atoms with van der Waals surface area (Å²) in [6.45, 7) is 4.79. The second-order valence-electron chi connectivity index (χ2n) is 16.4. The molecule has 0 aliphatic heterocycles. The number of rotatable bonds is 44. The highest BCUT2D eigenvalue weighted by molar-refractivity contribution is 5.76. The molecule has 0 saturated carbocycles. The van der Waals surface area contributed by atoms with Crippen LogP contribution in [0.2, 0.25) is 0 Å². The summed E-state index contributed by atoms with van der Waals surface area (Å²) in [5.74, 6) is -0.126. The normalized spacial score (nSPS) is 13.1. The molecular formula is C51H93NO5. The van der Waals surface area contributed by atoms with Crippen LogP contribution in [0, 0.1) is 0 Å². The van der Waals surface area contributed by atoms with E-state index in [4.69, 9.17) is 4.74 Å². The zero-order valence-electron chi connectivity index (χ0n) is 37.6. The van der Waals surface area contributed by atoms with Crippen molar-refractivity contribution in [1.29, 1.82) is 0 Å². The number of carbonyl (C=O) groups is 2. The number of esters is 1. The average molecular weight is 800 g/mol. The molecule has 1 amide bonds. The first-order valence-electron chi connectivity index (χ1n) is 24.4. The van der Waals surface area contributed by atoms with Crippen molar-refractivity contribution in [2.45, 2.75) is 251 Å². The number of hydrogen-bond acceptors (Lipinski definition) is 5. The predicted molar refractivity (Wildman–Crippen MR) is 245 cm³/mol. The number of allylic oxidation sites excluding steroid dienone is 7. The fourth-order valence-electron chi connectivity index (χ4n) is 7.01. The van der Waals surface area contributed by atoms with Crippen LogP contribution in [-0.2, 0) is 14.3 Å². The van der Waals surface area contributed by atoms with Crippen molar-refractivity contribution in [3.63, 3.8) is 0 Å². The molecule has 0 aromatic rings. The van der Waals surface area contributed by atoms with E-state index in [-0.39, 0.29) is 18.5 Å². The molecule has 0 aromatic heterocycles. The molecule has 332 valence electrons. The van der Waals surface area contributed by atoms with Gasteiger partial charge in [0, 0.05) is 12.8 Å². The van der Waals surface area contributed by atoms with Gasteiger partial charge in [-0.05, 0) is 89.9 Å². The summed E-state index contributed by atoms with van der Waals surface area (Å²) in [6, 6.07) is -0.647. The summed E-state index contributed by atoms with van der Waals surface area (Å²) in [5, 5.41) is 22.8. The smallest absolute Gasteiger partial charge is 0.305 e. The Morgan fingerprint density at radius 3 is 1.39 bits per heavy atom. The summed E-state index contributed by atoms with van der Waals surface area (Å²) in [4.78, 5) is 24.4. The molecule has 0 heterocycles. The topological polar surface area (TPSA) is 95.9 Å². The molecule has 0 radical (unpaired) electrons. The van der Waals surface area contributed by atoms with Gasteiger partial charge < -0.3 is 20.3 Å². The van der Waals surface area contributed by atoms with Crippen LogP contribution < -0.4 is 5.32 Å². The Kier molecular flexibility index (Phi) is 44.7. The first-order chi connectivity index (χ1) is 28.0. The van der Waals surface area contributed by atoms with E-state index in [1.165, 1.54) is 135 Å². The average Bonchev–Trinajstić information content (AvgIpc) is 3.21. The Morgan fingerprint density at radius 2 is 0.877 bits per heavy atom. The Balaban J connectivity index is 3.51. The summed E-state index contributed by atoms with van der Waals surface area (Å²) >= 11 is 0. The molecule has 6 heteroatoms. The zero-order valence-corrected chi connectivity index (χ0v) is 37.6. The Labute approximate surface area is 353 Å². The molecule has 3 N–H and O–H groups in total. The quantitative estimate of drug-likeness (QED) is 0.0324. The maximum atomic E-state index is 12.3. The third-order valence-corrected chi connectivity index (χ3v) is 10.8. The van der Waals surface area contributed by atoms with Gasteiger partial charge in [-0.15, -0.1) is 0 Å². The molecule has 0 fully saturated rings.